The molecule has 0 bridgehead atoms. The van der Waals surface area contributed by atoms with Crippen molar-refractivity contribution in [2.24, 2.45) is 4.99 Å². The molecule has 0 aromatic heterocycles. The minimum Gasteiger partial charge on any atom is -0.494 e. The van der Waals surface area contributed by atoms with Crippen LogP contribution in [-0.4, -0.2) is 17.7 Å². The first-order valence-corrected chi connectivity index (χ1v) is 8.96. The SMILES string of the molecule is CCOc1ccc(C=C2SC(=Nc3ccc(C)cc3C)NC2=O)cc1. The van der Waals surface area contributed by atoms with E-state index in [4.69, 9.17) is 4.74 Å². The monoisotopic (exact) mass is 352 g/mol. The summed E-state index contributed by atoms with van der Waals surface area (Å²) >= 11 is 1.36. The van der Waals surface area contributed by atoms with E-state index in [1.165, 1.54) is 17.3 Å². The molecule has 1 fully saturated rings. The van der Waals surface area contributed by atoms with E-state index in [0.29, 0.717) is 16.7 Å². The van der Waals surface area contributed by atoms with Gasteiger partial charge in [-0.2, -0.15) is 0 Å². The quantitative estimate of drug-likeness (QED) is 0.819. The highest BCUT2D eigenvalue weighted by Crippen LogP contribution is 2.29. The van der Waals surface area contributed by atoms with Gasteiger partial charge in [-0.05, 0) is 67.9 Å². The normalized spacial score (nSPS) is 17.2. The molecular weight excluding hydrogens is 332 g/mol. The number of thioether (sulfide) groups is 1. The van der Waals surface area contributed by atoms with E-state index >= 15 is 0 Å². The molecule has 0 atom stereocenters. The Balaban J connectivity index is 1.78. The van der Waals surface area contributed by atoms with Crippen molar-refractivity contribution < 1.29 is 9.53 Å². The number of rotatable bonds is 4. The van der Waals surface area contributed by atoms with Crippen LogP contribution in [0.3, 0.4) is 0 Å². The summed E-state index contributed by atoms with van der Waals surface area (Å²) in [5.74, 6) is 0.702. The third-order valence-electron chi connectivity index (χ3n) is 3.71. The minimum atomic E-state index is -0.123. The van der Waals surface area contributed by atoms with Gasteiger partial charge in [-0.1, -0.05) is 29.8 Å². The lowest BCUT2D eigenvalue weighted by molar-refractivity contribution is -0.115. The van der Waals surface area contributed by atoms with Crippen LogP contribution in [0.25, 0.3) is 6.08 Å². The number of aliphatic imine (C=N–C) groups is 1. The van der Waals surface area contributed by atoms with Gasteiger partial charge in [0.25, 0.3) is 5.91 Å². The number of amides is 1. The highest BCUT2D eigenvalue weighted by molar-refractivity contribution is 8.18. The van der Waals surface area contributed by atoms with E-state index in [9.17, 15) is 4.79 Å². The van der Waals surface area contributed by atoms with Crippen molar-refractivity contribution in [3.05, 3.63) is 64.1 Å². The van der Waals surface area contributed by atoms with Crippen molar-refractivity contribution in [3.8, 4) is 5.75 Å². The van der Waals surface area contributed by atoms with Crippen LogP contribution in [0.2, 0.25) is 0 Å². The highest BCUT2D eigenvalue weighted by Gasteiger charge is 2.23. The lowest BCUT2D eigenvalue weighted by Gasteiger charge is -2.02. The number of nitrogens with one attached hydrogen (secondary N) is 1. The smallest absolute Gasteiger partial charge is 0.264 e. The largest absolute Gasteiger partial charge is 0.494 e. The van der Waals surface area contributed by atoms with Crippen molar-refractivity contribution in [3.63, 3.8) is 0 Å². The average Bonchev–Trinajstić information content (AvgIpc) is 2.92. The molecule has 2 aromatic rings. The fourth-order valence-corrected chi connectivity index (χ4v) is 3.33. The van der Waals surface area contributed by atoms with Gasteiger partial charge >= 0.3 is 0 Å². The van der Waals surface area contributed by atoms with E-state index in [1.54, 1.807) is 0 Å². The predicted octanol–water partition coefficient (Wildman–Crippen LogP) is 4.59. The van der Waals surface area contributed by atoms with Crippen LogP contribution in [0.5, 0.6) is 5.75 Å². The van der Waals surface area contributed by atoms with Crippen molar-refractivity contribution in [2.75, 3.05) is 6.61 Å². The average molecular weight is 352 g/mol. The van der Waals surface area contributed by atoms with Crippen molar-refractivity contribution in [1.29, 1.82) is 0 Å². The molecule has 128 valence electrons. The zero-order chi connectivity index (χ0) is 17.8. The van der Waals surface area contributed by atoms with Gasteiger partial charge in [0.15, 0.2) is 5.17 Å². The van der Waals surface area contributed by atoms with E-state index in [0.717, 1.165) is 22.6 Å². The van der Waals surface area contributed by atoms with Gasteiger partial charge in [0.1, 0.15) is 5.75 Å². The number of hydrogen-bond acceptors (Lipinski definition) is 4. The zero-order valence-corrected chi connectivity index (χ0v) is 15.3. The predicted molar refractivity (Wildman–Crippen MR) is 104 cm³/mol. The molecule has 1 aliphatic heterocycles. The third kappa shape index (κ3) is 4.31. The van der Waals surface area contributed by atoms with Gasteiger partial charge in [0.05, 0.1) is 17.2 Å². The Labute approximate surface area is 152 Å². The number of carbonyl (C=O) groups excluding carboxylic acids is 1. The summed E-state index contributed by atoms with van der Waals surface area (Å²) in [7, 11) is 0. The van der Waals surface area contributed by atoms with Crippen molar-refractivity contribution >= 4 is 34.6 Å². The summed E-state index contributed by atoms with van der Waals surface area (Å²) < 4.78 is 5.43. The van der Waals surface area contributed by atoms with Crippen LogP contribution in [0, 0.1) is 13.8 Å². The molecule has 0 saturated carbocycles. The number of carbonyl (C=O) groups is 1. The maximum Gasteiger partial charge on any atom is 0.264 e. The molecule has 0 aliphatic carbocycles. The van der Waals surface area contributed by atoms with Gasteiger partial charge in [-0.3, -0.25) is 4.79 Å². The van der Waals surface area contributed by atoms with E-state index in [1.807, 2.05) is 63.2 Å². The number of benzene rings is 2. The van der Waals surface area contributed by atoms with Gasteiger partial charge in [-0.25, -0.2) is 4.99 Å². The molecule has 3 rings (SSSR count). The topological polar surface area (TPSA) is 50.7 Å². The molecule has 1 heterocycles. The Kier molecular flexibility index (Phi) is 5.24. The van der Waals surface area contributed by atoms with Crippen LogP contribution >= 0.6 is 11.8 Å². The van der Waals surface area contributed by atoms with E-state index < -0.39 is 0 Å². The minimum absolute atomic E-state index is 0.123. The molecule has 1 N–H and O–H groups in total. The maximum absolute atomic E-state index is 12.2. The number of nitrogens with zero attached hydrogens (tertiary/aromatic N) is 1. The van der Waals surface area contributed by atoms with Crippen LogP contribution in [0.15, 0.2) is 52.4 Å². The molecule has 2 aromatic carbocycles. The molecule has 25 heavy (non-hydrogen) atoms. The van der Waals surface area contributed by atoms with Crippen LogP contribution in [0.1, 0.15) is 23.6 Å². The first-order chi connectivity index (χ1) is 12.0. The molecule has 0 spiro atoms. The molecule has 5 heteroatoms. The lowest BCUT2D eigenvalue weighted by atomic mass is 10.1. The Hall–Kier alpha value is -2.53. The van der Waals surface area contributed by atoms with Gasteiger partial charge in [0, 0.05) is 0 Å². The van der Waals surface area contributed by atoms with Gasteiger partial charge < -0.3 is 10.1 Å². The molecule has 1 amide bonds. The van der Waals surface area contributed by atoms with Crippen molar-refractivity contribution in [2.45, 2.75) is 20.8 Å². The Morgan fingerprint density at radius 3 is 2.60 bits per heavy atom. The summed E-state index contributed by atoms with van der Waals surface area (Å²) in [6.45, 7) is 6.65. The second kappa shape index (κ2) is 7.57. The van der Waals surface area contributed by atoms with Crippen LogP contribution < -0.4 is 10.1 Å². The Bertz CT molecular complexity index is 854. The number of hydrogen-bond donors (Lipinski definition) is 1. The van der Waals surface area contributed by atoms with E-state index in [2.05, 4.69) is 16.4 Å². The molecule has 0 radical (unpaired) electrons. The van der Waals surface area contributed by atoms with Crippen molar-refractivity contribution in [1.82, 2.24) is 5.32 Å². The second-order valence-electron chi connectivity index (χ2n) is 5.77. The summed E-state index contributed by atoms with van der Waals surface area (Å²) in [4.78, 5) is 17.4. The number of ether oxygens (including phenoxy) is 1. The Morgan fingerprint density at radius 2 is 1.92 bits per heavy atom. The maximum atomic E-state index is 12.2. The highest BCUT2D eigenvalue weighted by atomic mass is 32.2. The first-order valence-electron chi connectivity index (χ1n) is 8.15. The summed E-state index contributed by atoms with van der Waals surface area (Å²) in [6.07, 6.45) is 1.86. The van der Waals surface area contributed by atoms with Gasteiger partial charge in [-0.15, -0.1) is 0 Å². The summed E-state index contributed by atoms with van der Waals surface area (Å²) in [5.41, 5.74) is 4.11. The molecule has 1 saturated heterocycles. The molecular formula is C20H20N2O2S. The van der Waals surface area contributed by atoms with Crippen LogP contribution in [0.4, 0.5) is 5.69 Å². The van der Waals surface area contributed by atoms with Gasteiger partial charge in [0.2, 0.25) is 0 Å². The molecule has 1 aliphatic rings. The Morgan fingerprint density at radius 1 is 1.16 bits per heavy atom. The summed E-state index contributed by atoms with van der Waals surface area (Å²) in [5, 5.41) is 3.43. The number of aryl methyl sites for hydroxylation is 2. The fourth-order valence-electron chi connectivity index (χ4n) is 2.50. The van der Waals surface area contributed by atoms with E-state index in [-0.39, 0.29) is 5.91 Å². The summed E-state index contributed by atoms with van der Waals surface area (Å²) in [6, 6.07) is 13.7. The van der Waals surface area contributed by atoms with Crippen LogP contribution in [-0.2, 0) is 4.79 Å². The standard InChI is InChI=1S/C20H20N2O2S/c1-4-24-16-8-6-15(7-9-16)12-18-19(23)22-20(25-18)21-17-10-5-13(2)11-14(17)3/h5-12H,4H2,1-3H3,(H,21,22,23). The molecule has 4 nitrogen and oxygen atoms in total. The molecule has 0 unspecified atom stereocenters. The number of amidine groups is 1. The zero-order valence-electron chi connectivity index (χ0n) is 14.5. The third-order valence-corrected chi connectivity index (χ3v) is 4.62. The fraction of sp³-hybridized carbons (Fsp3) is 0.200. The lowest BCUT2D eigenvalue weighted by Crippen LogP contribution is -2.19. The second-order valence-corrected chi connectivity index (χ2v) is 6.80. The first kappa shape index (κ1) is 17.3.